The summed E-state index contributed by atoms with van der Waals surface area (Å²) in [6.45, 7) is 7.67. The smallest absolute Gasteiger partial charge is 0.269 e. The second-order valence-corrected chi connectivity index (χ2v) is 9.59. The van der Waals surface area contributed by atoms with Crippen LogP contribution in [0.3, 0.4) is 0 Å². The Morgan fingerprint density at radius 1 is 1.33 bits per heavy atom. The zero-order valence-electron chi connectivity index (χ0n) is 10.9. The quantitative estimate of drug-likeness (QED) is 0.475. The van der Waals surface area contributed by atoms with E-state index >= 15 is 0 Å². The van der Waals surface area contributed by atoms with Crippen molar-refractivity contribution in [2.24, 2.45) is 0 Å². The summed E-state index contributed by atoms with van der Waals surface area (Å²) < 4.78 is 5.87. The van der Waals surface area contributed by atoms with Gasteiger partial charge < -0.3 is 4.43 Å². The maximum Gasteiger partial charge on any atom is 0.269 e. The zero-order chi connectivity index (χ0) is 14.0. The van der Waals surface area contributed by atoms with Crippen molar-refractivity contribution in [1.29, 1.82) is 5.26 Å². The van der Waals surface area contributed by atoms with E-state index in [0.29, 0.717) is 5.56 Å². The fraction of sp³-hybridized carbons (Fsp3) is 0.417. The van der Waals surface area contributed by atoms with Crippen LogP contribution in [0, 0.1) is 21.4 Å². The standard InChI is InChI=1S/C12H16N2O3Si/c1-12(9-13,17-18(2,3)4)10-5-7-11(8-6-10)14(15)16/h5-8H,1-4H3/t12-/m1/s1. The third kappa shape index (κ3) is 3.39. The molecule has 0 saturated carbocycles. The van der Waals surface area contributed by atoms with Crippen molar-refractivity contribution in [3.8, 4) is 6.07 Å². The number of hydrogen-bond donors (Lipinski definition) is 0. The second kappa shape index (κ2) is 4.88. The summed E-state index contributed by atoms with van der Waals surface area (Å²) in [7, 11) is -1.89. The Balaban J connectivity index is 3.10. The molecule has 0 aliphatic heterocycles. The van der Waals surface area contributed by atoms with Gasteiger partial charge in [0.15, 0.2) is 13.9 Å². The van der Waals surface area contributed by atoms with E-state index in [0.717, 1.165) is 0 Å². The van der Waals surface area contributed by atoms with Gasteiger partial charge in [0.1, 0.15) is 6.07 Å². The number of nitrogens with zero attached hydrogens (tertiary/aromatic N) is 2. The van der Waals surface area contributed by atoms with Crippen LogP contribution in [-0.4, -0.2) is 13.2 Å². The minimum absolute atomic E-state index is 0.00652. The molecule has 0 bridgehead atoms. The summed E-state index contributed by atoms with van der Waals surface area (Å²) in [5, 5.41) is 19.9. The first-order chi connectivity index (χ1) is 8.18. The van der Waals surface area contributed by atoms with E-state index in [1.165, 1.54) is 12.1 Å². The van der Waals surface area contributed by atoms with Gasteiger partial charge in [-0.3, -0.25) is 10.1 Å². The van der Waals surface area contributed by atoms with E-state index in [1.54, 1.807) is 19.1 Å². The van der Waals surface area contributed by atoms with Crippen molar-refractivity contribution in [1.82, 2.24) is 0 Å². The minimum atomic E-state index is -1.89. The molecule has 1 aromatic carbocycles. The van der Waals surface area contributed by atoms with E-state index in [-0.39, 0.29) is 5.69 Å². The van der Waals surface area contributed by atoms with E-state index in [1.807, 2.05) is 19.6 Å². The largest absolute Gasteiger partial charge is 0.397 e. The number of nitro benzene ring substituents is 1. The number of hydrogen-bond acceptors (Lipinski definition) is 4. The number of nitriles is 1. The molecule has 96 valence electrons. The molecule has 6 heteroatoms. The molecule has 1 aromatic rings. The lowest BCUT2D eigenvalue weighted by Crippen LogP contribution is -2.37. The van der Waals surface area contributed by atoms with Gasteiger partial charge in [0.2, 0.25) is 0 Å². The van der Waals surface area contributed by atoms with E-state index in [2.05, 4.69) is 6.07 Å². The Morgan fingerprint density at radius 2 is 1.83 bits per heavy atom. The highest BCUT2D eigenvalue weighted by atomic mass is 28.4. The average molecular weight is 264 g/mol. The van der Waals surface area contributed by atoms with Gasteiger partial charge in [0.25, 0.3) is 5.69 Å². The van der Waals surface area contributed by atoms with Gasteiger partial charge in [0, 0.05) is 12.1 Å². The first-order valence-electron chi connectivity index (χ1n) is 5.54. The number of nitro groups is 1. The summed E-state index contributed by atoms with van der Waals surface area (Å²) in [6, 6.07) is 8.06. The van der Waals surface area contributed by atoms with Crippen LogP contribution in [-0.2, 0) is 10.0 Å². The second-order valence-electron chi connectivity index (χ2n) is 5.16. The Morgan fingerprint density at radius 3 is 2.17 bits per heavy atom. The third-order valence-corrected chi connectivity index (χ3v) is 3.37. The van der Waals surface area contributed by atoms with Crippen LogP contribution in [0.25, 0.3) is 0 Å². The molecule has 0 N–H and O–H groups in total. The minimum Gasteiger partial charge on any atom is -0.397 e. The molecule has 0 aliphatic rings. The molecule has 1 atom stereocenters. The Bertz CT molecular complexity index is 488. The molecule has 5 nitrogen and oxygen atoms in total. The molecule has 18 heavy (non-hydrogen) atoms. The average Bonchev–Trinajstić information content (AvgIpc) is 2.27. The summed E-state index contributed by atoms with van der Waals surface area (Å²) in [6.07, 6.45) is 0. The van der Waals surface area contributed by atoms with Gasteiger partial charge in [-0.25, -0.2) is 0 Å². The van der Waals surface area contributed by atoms with Crippen LogP contribution in [0.15, 0.2) is 24.3 Å². The maximum absolute atomic E-state index is 10.6. The molecular weight excluding hydrogens is 248 g/mol. The first-order valence-corrected chi connectivity index (χ1v) is 8.95. The lowest BCUT2D eigenvalue weighted by atomic mass is 9.98. The summed E-state index contributed by atoms with van der Waals surface area (Å²) in [5.74, 6) is 0. The van der Waals surface area contributed by atoms with Gasteiger partial charge in [0.05, 0.1) is 4.92 Å². The normalized spacial score (nSPS) is 14.6. The van der Waals surface area contributed by atoms with E-state index < -0.39 is 18.8 Å². The Labute approximate surface area is 107 Å². The number of benzene rings is 1. The SMILES string of the molecule is C[C@](C#N)(O[Si](C)(C)C)c1ccc([N+](=O)[O-])cc1. The van der Waals surface area contributed by atoms with Crippen molar-refractivity contribution < 1.29 is 9.35 Å². The molecule has 1 rings (SSSR count). The van der Waals surface area contributed by atoms with Crippen molar-refractivity contribution in [3.63, 3.8) is 0 Å². The molecule has 0 fully saturated rings. The highest BCUT2D eigenvalue weighted by molar-refractivity contribution is 6.69. The molecule has 0 radical (unpaired) electrons. The topological polar surface area (TPSA) is 76.2 Å². The van der Waals surface area contributed by atoms with Crippen LogP contribution in [0.2, 0.25) is 19.6 Å². The summed E-state index contributed by atoms with van der Waals surface area (Å²) >= 11 is 0. The summed E-state index contributed by atoms with van der Waals surface area (Å²) in [5.41, 5.74) is -0.412. The van der Waals surface area contributed by atoms with Crippen LogP contribution in [0.1, 0.15) is 12.5 Å². The van der Waals surface area contributed by atoms with Crippen molar-refractivity contribution in [3.05, 3.63) is 39.9 Å². The maximum atomic E-state index is 10.6. The first kappa shape index (κ1) is 14.3. The summed E-state index contributed by atoms with van der Waals surface area (Å²) in [4.78, 5) is 10.1. The molecule has 0 spiro atoms. The zero-order valence-corrected chi connectivity index (χ0v) is 11.9. The highest BCUT2D eigenvalue weighted by Crippen LogP contribution is 2.29. The van der Waals surface area contributed by atoms with Gasteiger partial charge in [-0.15, -0.1) is 0 Å². The Kier molecular flexibility index (Phi) is 3.89. The molecule has 0 amide bonds. The van der Waals surface area contributed by atoms with Crippen LogP contribution < -0.4 is 0 Å². The lowest BCUT2D eigenvalue weighted by Gasteiger charge is -2.30. The molecule has 0 unspecified atom stereocenters. The van der Waals surface area contributed by atoms with Crippen LogP contribution >= 0.6 is 0 Å². The highest BCUT2D eigenvalue weighted by Gasteiger charge is 2.33. The van der Waals surface area contributed by atoms with Crippen LogP contribution in [0.4, 0.5) is 5.69 Å². The van der Waals surface area contributed by atoms with E-state index in [4.69, 9.17) is 4.43 Å². The lowest BCUT2D eigenvalue weighted by molar-refractivity contribution is -0.384. The molecule has 0 saturated heterocycles. The van der Waals surface area contributed by atoms with Gasteiger partial charge >= 0.3 is 0 Å². The number of non-ortho nitro benzene ring substituents is 1. The number of rotatable bonds is 4. The van der Waals surface area contributed by atoms with E-state index in [9.17, 15) is 15.4 Å². The fourth-order valence-corrected chi connectivity index (χ4v) is 3.05. The monoisotopic (exact) mass is 264 g/mol. The predicted molar refractivity (Wildman–Crippen MR) is 70.5 cm³/mol. The van der Waals surface area contributed by atoms with Crippen molar-refractivity contribution in [2.45, 2.75) is 32.2 Å². The van der Waals surface area contributed by atoms with Gasteiger partial charge in [-0.2, -0.15) is 5.26 Å². The van der Waals surface area contributed by atoms with Gasteiger partial charge in [-0.05, 0) is 44.3 Å². The Hall–Kier alpha value is -1.71. The van der Waals surface area contributed by atoms with Crippen molar-refractivity contribution in [2.75, 3.05) is 0 Å². The molecule has 0 aromatic heterocycles. The molecule has 0 aliphatic carbocycles. The third-order valence-electron chi connectivity index (χ3n) is 2.35. The van der Waals surface area contributed by atoms with Crippen molar-refractivity contribution >= 4 is 14.0 Å². The molecular formula is C12H16N2O3Si. The predicted octanol–water partition coefficient (Wildman–Crippen LogP) is 3.19. The molecule has 0 heterocycles. The fourth-order valence-electron chi connectivity index (χ4n) is 1.66. The van der Waals surface area contributed by atoms with Gasteiger partial charge in [-0.1, -0.05) is 0 Å². The van der Waals surface area contributed by atoms with Crippen LogP contribution in [0.5, 0.6) is 0 Å².